The molecule has 1 aliphatic carbocycles. The van der Waals surface area contributed by atoms with E-state index in [2.05, 4.69) is 50.9 Å². The summed E-state index contributed by atoms with van der Waals surface area (Å²) in [5.74, 6) is 0.901. The Morgan fingerprint density at radius 2 is 1.80 bits per heavy atom. The van der Waals surface area contributed by atoms with E-state index in [-0.39, 0.29) is 0 Å². The van der Waals surface area contributed by atoms with Crippen LogP contribution in [0.25, 0.3) is 0 Å². The van der Waals surface area contributed by atoms with Crippen LogP contribution in [0.1, 0.15) is 55.3 Å². The van der Waals surface area contributed by atoms with Crippen LogP contribution in [0, 0.1) is 19.8 Å². The van der Waals surface area contributed by atoms with Gasteiger partial charge >= 0.3 is 0 Å². The standard InChI is InChI=1S/C18H30N2/c1-13-5-9-17(10-6-13)20(4)18(12-19)16-8-7-14(2)15(3)11-16/h7-8,11,13,17-18H,5-6,9-10,12,19H2,1-4H3. The highest BCUT2D eigenvalue weighted by Gasteiger charge is 2.26. The maximum absolute atomic E-state index is 6.09. The van der Waals surface area contributed by atoms with Crippen molar-refractivity contribution in [3.63, 3.8) is 0 Å². The molecule has 1 fully saturated rings. The van der Waals surface area contributed by atoms with Crippen LogP contribution in [0.3, 0.4) is 0 Å². The topological polar surface area (TPSA) is 29.3 Å². The highest BCUT2D eigenvalue weighted by atomic mass is 15.2. The summed E-state index contributed by atoms with van der Waals surface area (Å²) in [5.41, 5.74) is 10.2. The molecule has 2 heteroatoms. The number of nitrogens with zero attached hydrogens (tertiary/aromatic N) is 1. The number of hydrogen-bond donors (Lipinski definition) is 1. The molecule has 20 heavy (non-hydrogen) atoms. The Balaban J connectivity index is 2.12. The molecule has 1 unspecified atom stereocenters. The Labute approximate surface area is 124 Å². The van der Waals surface area contributed by atoms with Crippen molar-refractivity contribution in [3.8, 4) is 0 Å². The van der Waals surface area contributed by atoms with E-state index in [0.717, 1.165) is 5.92 Å². The monoisotopic (exact) mass is 274 g/mol. The van der Waals surface area contributed by atoms with Crippen molar-refractivity contribution in [1.82, 2.24) is 4.90 Å². The molecule has 2 N–H and O–H groups in total. The van der Waals surface area contributed by atoms with Gasteiger partial charge in [0.15, 0.2) is 0 Å². The van der Waals surface area contributed by atoms with E-state index < -0.39 is 0 Å². The average molecular weight is 274 g/mol. The maximum Gasteiger partial charge on any atom is 0.0470 e. The van der Waals surface area contributed by atoms with Gasteiger partial charge in [-0.3, -0.25) is 4.90 Å². The van der Waals surface area contributed by atoms with Crippen LogP contribution in [-0.4, -0.2) is 24.5 Å². The molecule has 1 atom stereocenters. The molecule has 0 saturated heterocycles. The van der Waals surface area contributed by atoms with Crippen LogP contribution >= 0.6 is 0 Å². The lowest BCUT2D eigenvalue weighted by atomic mass is 9.85. The summed E-state index contributed by atoms with van der Waals surface area (Å²) in [6.07, 6.45) is 5.36. The zero-order valence-corrected chi connectivity index (χ0v) is 13.5. The van der Waals surface area contributed by atoms with Crippen LogP contribution in [0.4, 0.5) is 0 Å². The van der Waals surface area contributed by atoms with E-state index in [1.54, 1.807) is 0 Å². The van der Waals surface area contributed by atoms with Crippen LogP contribution in [0.15, 0.2) is 18.2 Å². The number of likely N-dealkylation sites (N-methyl/N-ethyl adjacent to an activating group) is 1. The second kappa shape index (κ2) is 6.73. The average Bonchev–Trinajstić information content (AvgIpc) is 2.44. The summed E-state index contributed by atoms with van der Waals surface area (Å²) in [6.45, 7) is 7.43. The van der Waals surface area contributed by atoms with Gasteiger partial charge in [0.25, 0.3) is 0 Å². The molecule has 112 valence electrons. The van der Waals surface area contributed by atoms with Crippen LogP contribution in [-0.2, 0) is 0 Å². The maximum atomic E-state index is 6.09. The van der Waals surface area contributed by atoms with Gasteiger partial charge in [0, 0.05) is 18.6 Å². The predicted octanol–water partition coefficient (Wildman–Crippen LogP) is 3.81. The van der Waals surface area contributed by atoms with Gasteiger partial charge in [-0.25, -0.2) is 0 Å². The summed E-state index contributed by atoms with van der Waals surface area (Å²) >= 11 is 0. The molecule has 1 aliphatic rings. The van der Waals surface area contributed by atoms with E-state index in [0.29, 0.717) is 18.6 Å². The van der Waals surface area contributed by atoms with E-state index in [1.165, 1.54) is 42.4 Å². The second-order valence-electron chi connectivity index (χ2n) is 6.67. The lowest BCUT2D eigenvalue weighted by Gasteiger charge is -2.38. The summed E-state index contributed by atoms with van der Waals surface area (Å²) < 4.78 is 0. The van der Waals surface area contributed by atoms with Gasteiger partial charge in [-0.15, -0.1) is 0 Å². The third-order valence-electron chi connectivity index (χ3n) is 5.19. The van der Waals surface area contributed by atoms with Crippen molar-refractivity contribution in [2.24, 2.45) is 11.7 Å². The molecule has 0 amide bonds. The van der Waals surface area contributed by atoms with Gasteiger partial charge in [0.05, 0.1) is 0 Å². The molecule has 0 aliphatic heterocycles. The molecule has 2 nitrogen and oxygen atoms in total. The lowest BCUT2D eigenvalue weighted by molar-refractivity contribution is 0.126. The fourth-order valence-electron chi connectivity index (χ4n) is 3.41. The highest BCUT2D eigenvalue weighted by Crippen LogP contribution is 2.31. The van der Waals surface area contributed by atoms with Crippen molar-refractivity contribution in [2.75, 3.05) is 13.6 Å². The minimum absolute atomic E-state index is 0.354. The highest BCUT2D eigenvalue weighted by molar-refractivity contribution is 5.32. The largest absolute Gasteiger partial charge is 0.329 e. The first kappa shape index (κ1) is 15.5. The Morgan fingerprint density at radius 1 is 1.15 bits per heavy atom. The molecule has 0 spiro atoms. The van der Waals surface area contributed by atoms with Crippen molar-refractivity contribution in [1.29, 1.82) is 0 Å². The summed E-state index contributed by atoms with van der Waals surface area (Å²) in [6, 6.07) is 7.84. The van der Waals surface area contributed by atoms with E-state index in [4.69, 9.17) is 5.73 Å². The molecular weight excluding hydrogens is 244 g/mol. The number of hydrogen-bond acceptors (Lipinski definition) is 2. The van der Waals surface area contributed by atoms with Crippen LogP contribution < -0.4 is 5.73 Å². The quantitative estimate of drug-likeness (QED) is 0.904. The van der Waals surface area contributed by atoms with Gasteiger partial charge < -0.3 is 5.73 Å². The van der Waals surface area contributed by atoms with E-state index >= 15 is 0 Å². The SMILES string of the molecule is Cc1ccc(C(CN)N(C)C2CCC(C)CC2)cc1C. The third-order valence-corrected chi connectivity index (χ3v) is 5.19. The van der Waals surface area contributed by atoms with Gasteiger partial charge in [-0.2, -0.15) is 0 Å². The molecule has 0 radical (unpaired) electrons. The fraction of sp³-hybridized carbons (Fsp3) is 0.667. The first-order chi connectivity index (χ1) is 9.52. The fourth-order valence-corrected chi connectivity index (χ4v) is 3.41. The zero-order valence-electron chi connectivity index (χ0n) is 13.5. The lowest BCUT2D eigenvalue weighted by Crippen LogP contribution is -2.40. The summed E-state index contributed by atoms with van der Waals surface area (Å²) in [5, 5.41) is 0. The van der Waals surface area contributed by atoms with E-state index in [1.807, 2.05) is 0 Å². The first-order valence-corrected chi connectivity index (χ1v) is 8.02. The smallest absolute Gasteiger partial charge is 0.0470 e. The molecule has 1 saturated carbocycles. The summed E-state index contributed by atoms with van der Waals surface area (Å²) in [4.78, 5) is 2.52. The van der Waals surface area contributed by atoms with Crippen molar-refractivity contribution < 1.29 is 0 Å². The van der Waals surface area contributed by atoms with Gasteiger partial charge in [-0.1, -0.05) is 25.1 Å². The molecule has 0 heterocycles. The minimum Gasteiger partial charge on any atom is -0.329 e. The Hall–Kier alpha value is -0.860. The normalized spacial score (nSPS) is 24.9. The summed E-state index contributed by atoms with van der Waals surface area (Å²) in [7, 11) is 2.26. The van der Waals surface area contributed by atoms with Crippen LogP contribution in [0.5, 0.6) is 0 Å². The second-order valence-corrected chi connectivity index (χ2v) is 6.67. The van der Waals surface area contributed by atoms with Crippen molar-refractivity contribution in [2.45, 2.75) is 58.5 Å². The molecule has 2 rings (SSSR count). The predicted molar refractivity (Wildman–Crippen MR) is 86.9 cm³/mol. The van der Waals surface area contributed by atoms with Crippen molar-refractivity contribution in [3.05, 3.63) is 34.9 Å². The zero-order chi connectivity index (χ0) is 14.7. The minimum atomic E-state index is 0.354. The molecular formula is C18H30N2. The Morgan fingerprint density at radius 3 is 2.35 bits per heavy atom. The molecule has 1 aromatic carbocycles. The van der Waals surface area contributed by atoms with Gasteiger partial charge in [-0.05, 0) is 69.2 Å². The number of aryl methyl sites for hydroxylation is 2. The van der Waals surface area contributed by atoms with Gasteiger partial charge in [0.1, 0.15) is 0 Å². The van der Waals surface area contributed by atoms with E-state index in [9.17, 15) is 0 Å². The third kappa shape index (κ3) is 3.42. The number of benzene rings is 1. The molecule has 0 aromatic heterocycles. The van der Waals surface area contributed by atoms with Crippen LogP contribution in [0.2, 0.25) is 0 Å². The number of nitrogens with two attached hydrogens (primary N) is 1. The molecule has 1 aromatic rings. The van der Waals surface area contributed by atoms with Gasteiger partial charge in [0.2, 0.25) is 0 Å². The van der Waals surface area contributed by atoms with Crippen molar-refractivity contribution >= 4 is 0 Å². The number of rotatable bonds is 4. The Bertz CT molecular complexity index is 433. The molecule has 0 bridgehead atoms. The Kier molecular flexibility index (Phi) is 5.22. The first-order valence-electron chi connectivity index (χ1n) is 8.02.